The van der Waals surface area contributed by atoms with Crippen molar-refractivity contribution in [1.82, 2.24) is 5.32 Å². The minimum Gasteiger partial charge on any atom is -0.396 e. The summed E-state index contributed by atoms with van der Waals surface area (Å²) in [5.41, 5.74) is 0.268. The smallest absolute Gasteiger partial charge is 0.0499 e. The van der Waals surface area contributed by atoms with Gasteiger partial charge in [-0.1, -0.05) is 13.8 Å². The molecule has 0 aromatic carbocycles. The Balaban J connectivity index is 2.13. The third-order valence-corrected chi connectivity index (χ3v) is 2.18. The van der Waals surface area contributed by atoms with E-state index < -0.39 is 0 Å². The lowest BCUT2D eigenvalue weighted by molar-refractivity contribution is 0.205. The van der Waals surface area contributed by atoms with Crippen molar-refractivity contribution in [3.05, 3.63) is 0 Å². The van der Waals surface area contributed by atoms with Crippen LogP contribution in [0.4, 0.5) is 0 Å². The SMILES string of the molecule is CC(C)NCC1(CO)CC1. The van der Waals surface area contributed by atoms with E-state index in [2.05, 4.69) is 19.2 Å². The Kier molecular flexibility index (Phi) is 2.32. The molecule has 0 amide bonds. The largest absolute Gasteiger partial charge is 0.396 e. The topological polar surface area (TPSA) is 32.3 Å². The van der Waals surface area contributed by atoms with Crippen molar-refractivity contribution in [2.75, 3.05) is 13.2 Å². The third-order valence-electron chi connectivity index (χ3n) is 2.18. The van der Waals surface area contributed by atoms with Crippen LogP contribution in [-0.4, -0.2) is 24.3 Å². The summed E-state index contributed by atoms with van der Waals surface area (Å²) in [5, 5.41) is 12.3. The molecule has 0 aromatic heterocycles. The van der Waals surface area contributed by atoms with Gasteiger partial charge >= 0.3 is 0 Å². The number of hydrogen-bond donors (Lipinski definition) is 2. The van der Waals surface area contributed by atoms with Gasteiger partial charge in [0.25, 0.3) is 0 Å². The molecule has 0 bridgehead atoms. The van der Waals surface area contributed by atoms with Crippen molar-refractivity contribution >= 4 is 0 Å². The lowest BCUT2D eigenvalue weighted by Gasteiger charge is -2.14. The summed E-state index contributed by atoms with van der Waals surface area (Å²) in [5.74, 6) is 0. The van der Waals surface area contributed by atoms with Gasteiger partial charge in [-0.15, -0.1) is 0 Å². The molecule has 10 heavy (non-hydrogen) atoms. The minimum absolute atomic E-state index is 0.268. The molecule has 1 aliphatic carbocycles. The van der Waals surface area contributed by atoms with Crippen LogP contribution in [0.1, 0.15) is 26.7 Å². The molecule has 60 valence electrons. The first-order valence-corrected chi connectivity index (χ1v) is 4.03. The molecule has 2 N–H and O–H groups in total. The molecule has 0 radical (unpaired) electrons. The van der Waals surface area contributed by atoms with Crippen LogP contribution in [0, 0.1) is 5.41 Å². The molecular formula is C8H17NO. The van der Waals surface area contributed by atoms with Gasteiger partial charge in [0.05, 0.1) is 0 Å². The molecule has 0 aromatic rings. The average Bonchev–Trinajstić information content (AvgIpc) is 2.64. The Bertz CT molecular complexity index is 108. The number of aliphatic hydroxyl groups is 1. The van der Waals surface area contributed by atoms with E-state index in [1.54, 1.807) is 0 Å². The Morgan fingerprint density at radius 2 is 2.10 bits per heavy atom. The molecule has 2 nitrogen and oxygen atoms in total. The summed E-state index contributed by atoms with van der Waals surface area (Å²) < 4.78 is 0. The number of nitrogens with one attached hydrogen (secondary N) is 1. The van der Waals surface area contributed by atoms with Gasteiger partial charge < -0.3 is 10.4 Å². The highest BCUT2D eigenvalue weighted by atomic mass is 16.3. The van der Waals surface area contributed by atoms with E-state index in [0.717, 1.165) is 6.54 Å². The van der Waals surface area contributed by atoms with E-state index >= 15 is 0 Å². The van der Waals surface area contributed by atoms with Crippen molar-refractivity contribution in [3.63, 3.8) is 0 Å². The van der Waals surface area contributed by atoms with Crippen LogP contribution < -0.4 is 5.32 Å². The number of rotatable bonds is 4. The Morgan fingerprint density at radius 3 is 2.40 bits per heavy atom. The highest BCUT2D eigenvalue weighted by molar-refractivity contribution is 4.94. The zero-order valence-corrected chi connectivity index (χ0v) is 6.85. The van der Waals surface area contributed by atoms with Gasteiger partial charge in [0.15, 0.2) is 0 Å². The molecule has 2 heteroatoms. The predicted octanol–water partition coefficient (Wildman–Crippen LogP) is 0.757. The lowest BCUT2D eigenvalue weighted by atomic mass is 10.1. The van der Waals surface area contributed by atoms with E-state index in [-0.39, 0.29) is 5.41 Å². The summed E-state index contributed by atoms with van der Waals surface area (Å²) >= 11 is 0. The summed E-state index contributed by atoms with van der Waals surface area (Å²) in [6.45, 7) is 5.61. The van der Waals surface area contributed by atoms with Crippen molar-refractivity contribution in [1.29, 1.82) is 0 Å². The van der Waals surface area contributed by atoms with Crippen LogP contribution >= 0.6 is 0 Å². The summed E-state index contributed by atoms with van der Waals surface area (Å²) in [4.78, 5) is 0. The van der Waals surface area contributed by atoms with Gasteiger partial charge in [-0.3, -0.25) is 0 Å². The van der Waals surface area contributed by atoms with Crippen LogP contribution in [0.2, 0.25) is 0 Å². The zero-order valence-electron chi connectivity index (χ0n) is 6.85. The normalized spacial score (nSPS) is 21.6. The Labute approximate surface area is 62.6 Å². The van der Waals surface area contributed by atoms with Crippen LogP contribution in [0.5, 0.6) is 0 Å². The fraction of sp³-hybridized carbons (Fsp3) is 1.00. The number of hydrogen-bond acceptors (Lipinski definition) is 2. The first-order valence-electron chi connectivity index (χ1n) is 4.03. The maximum Gasteiger partial charge on any atom is 0.0499 e. The van der Waals surface area contributed by atoms with Crippen molar-refractivity contribution in [2.24, 2.45) is 5.41 Å². The van der Waals surface area contributed by atoms with Gasteiger partial charge in [-0.05, 0) is 12.8 Å². The van der Waals surface area contributed by atoms with Crippen molar-refractivity contribution in [2.45, 2.75) is 32.7 Å². The quantitative estimate of drug-likeness (QED) is 0.609. The van der Waals surface area contributed by atoms with E-state index in [1.165, 1.54) is 12.8 Å². The summed E-state index contributed by atoms with van der Waals surface area (Å²) in [6, 6.07) is 0.545. The van der Waals surface area contributed by atoms with Gasteiger partial charge in [0, 0.05) is 24.6 Å². The fourth-order valence-corrected chi connectivity index (χ4v) is 0.988. The minimum atomic E-state index is 0.268. The maximum atomic E-state index is 8.93. The second-order valence-electron chi connectivity index (χ2n) is 3.69. The van der Waals surface area contributed by atoms with E-state index in [1.807, 2.05) is 0 Å². The van der Waals surface area contributed by atoms with Gasteiger partial charge in [-0.2, -0.15) is 0 Å². The monoisotopic (exact) mass is 143 g/mol. The molecule has 1 saturated carbocycles. The van der Waals surface area contributed by atoms with E-state index in [4.69, 9.17) is 5.11 Å². The first-order chi connectivity index (χ1) is 4.68. The molecule has 0 saturated heterocycles. The van der Waals surface area contributed by atoms with Crippen molar-refractivity contribution < 1.29 is 5.11 Å². The lowest BCUT2D eigenvalue weighted by Crippen LogP contribution is -2.31. The van der Waals surface area contributed by atoms with Crippen LogP contribution in [0.15, 0.2) is 0 Å². The first kappa shape index (κ1) is 8.02. The molecule has 1 aliphatic rings. The second-order valence-corrected chi connectivity index (χ2v) is 3.69. The molecular weight excluding hydrogens is 126 g/mol. The van der Waals surface area contributed by atoms with E-state index in [0.29, 0.717) is 12.6 Å². The molecule has 0 atom stereocenters. The average molecular weight is 143 g/mol. The Morgan fingerprint density at radius 1 is 1.50 bits per heavy atom. The standard InChI is InChI=1S/C8H17NO/c1-7(2)9-5-8(6-10)3-4-8/h7,9-10H,3-6H2,1-2H3. The number of aliphatic hydroxyl groups excluding tert-OH is 1. The third kappa shape index (κ3) is 1.96. The van der Waals surface area contributed by atoms with Gasteiger partial charge in [0.2, 0.25) is 0 Å². The summed E-state index contributed by atoms with van der Waals surface area (Å²) in [6.07, 6.45) is 2.40. The van der Waals surface area contributed by atoms with Gasteiger partial charge in [-0.25, -0.2) is 0 Å². The van der Waals surface area contributed by atoms with Crippen LogP contribution in [-0.2, 0) is 0 Å². The van der Waals surface area contributed by atoms with Crippen LogP contribution in [0.3, 0.4) is 0 Å². The summed E-state index contributed by atoms with van der Waals surface area (Å²) in [7, 11) is 0. The second kappa shape index (κ2) is 2.89. The van der Waals surface area contributed by atoms with Gasteiger partial charge in [0.1, 0.15) is 0 Å². The maximum absolute atomic E-state index is 8.93. The molecule has 0 heterocycles. The fourth-order valence-electron chi connectivity index (χ4n) is 0.988. The zero-order chi connectivity index (χ0) is 7.61. The molecule has 0 unspecified atom stereocenters. The van der Waals surface area contributed by atoms with Crippen LogP contribution in [0.25, 0.3) is 0 Å². The molecule has 1 fully saturated rings. The predicted molar refractivity (Wildman–Crippen MR) is 41.9 cm³/mol. The molecule has 0 aliphatic heterocycles. The highest BCUT2D eigenvalue weighted by Gasteiger charge is 2.41. The Hall–Kier alpha value is -0.0800. The molecule has 0 spiro atoms. The van der Waals surface area contributed by atoms with E-state index in [9.17, 15) is 0 Å². The highest BCUT2D eigenvalue weighted by Crippen LogP contribution is 2.44. The molecule has 1 rings (SSSR count). The van der Waals surface area contributed by atoms with Crippen molar-refractivity contribution in [3.8, 4) is 0 Å².